The molecule has 0 bridgehead atoms. The second-order valence-electron chi connectivity index (χ2n) is 9.69. The van der Waals surface area contributed by atoms with Crippen molar-refractivity contribution in [3.8, 4) is 0 Å². The largest absolute Gasteiger partial charge is 0.390 e. The van der Waals surface area contributed by atoms with E-state index in [0.717, 1.165) is 5.57 Å². The number of aliphatic hydroxyl groups is 2. The second kappa shape index (κ2) is 6.08. The van der Waals surface area contributed by atoms with E-state index < -0.39 is 39.5 Å². The zero-order chi connectivity index (χ0) is 20.7. The van der Waals surface area contributed by atoms with Gasteiger partial charge in [-0.15, -0.1) is 0 Å². The van der Waals surface area contributed by atoms with Crippen LogP contribution in [0.25, 0.3) is 0 Å². The molecule has 4 nitrogen and oxygen atoms in total. The molecule has 4 aliphatic carbocycles. The van der Waals surface area contributed by atoms with Crippen LogP contribution in [0.5, 0.6) is 0 Å². The van der Waals surface area contributed by atoms with Gasteiger partial charge in [0.25, 0.3) is 0 Å². The summed E-state index contributed by atoms with van der Waals surface area (Å²) >= 11 is 3.67. The lowest BCUT2D eigenvalue weighted by Crippen LogP contribution is -2.68. The fraction of sp³-hybridized carbons (Fsp3) is 0.727. The van der Waals surface area contributed by atoms with Crippen LogP contribution in [0.2, 0.25) is 0 Å². The van der Waals surface area contributed by atoms with Crippen LogP contribution in [-0.4, -0.2) is 44.5 Å². The van der Waals surface area contributed by atoms with Gasteiger partial charge in [0.2, 0.25) is 0 Å². The molecule has 0 saturated heterocycles. The number of carbonyl (C=O) groups excluding carboxylic acids is 2. The third kappa shape index (κ3) is 2.12. The maximum atomic E-state index is 16.9. The van der Waals surface area contributed by atoms with Crippen molar-refractivity contribution in [3.05, 3.63) is 23.8 Å². The van der Waals surface area contributed by atoms with Gasteiger partial charge in [-0.3, -0.25) is 9.59 Å². The Hall–Kier alpha value is -0.850. The van der Waals surface area contributed by atoms with Crippen LogP contribution in [-0.2, 0) is 9.59 Å². The summed E-state index contributed by atoms with van der Waals surface area (Å²) in [7, 11) is 0. The van der Waals surface area contributed by atoms with Gasteiger partial charge in [-0.2, -0.15) is 0 Å². The minimum atomic E-state index is -1.89. The van der Waals surface area contributed by atoms with Gasteiger partial charge in [-0.1, -0.05) is 41.4 Å². The lowest BCUT2D eigenvalue weighted by Gasteiger charge is -2.62. The predicted octanol–water partition coefficient (Wildman–Crippen LogP) is 3.30. The van der Waals surface area contributed by atoms with Gasteiger partial charge in [-0.25, -0.2) is 4.39 Å². The number of carbonyl (C=O) groups is 2. The maximum Gasteiger partial charge on any atom is 0.178 e. The lowest BCUT2D eigenvalue weighted by molar-refractivity contribution is -0.193. The molecule has 6 heteroatoms. The second-order valence-corrected chi connectivity index (χ2v) is 10.9. The molecule has 154 valence electrons. The van der Waals surface area contributed by atoms with E-state index in [2.05, 4.69) is 15.9 Å². The molecule has 0 aromatic carbocycles. The van der Waals surface area contributed by atoms with E-state index >= 15 is 4.39 Å². The van der Waals surface area contributed by atoms with Crippen molar-refractivity contribution in [1.29, 1.82) is 0 Å². The maximum absolute atomic E-state index is 16.9. The number of hydrogen-bond acceptors (Lipinski definition) is 4. The summed E-state index contributed by atoms with van der Waals surface area (Å²) < 4.78 is 16.0. The molecule has 0 aromatic rings. The fourth-order valence-corrected chi connectivity index (χ4v) is 8.00. The summed E-state index contributed by atoms with van der Waals surface area (Å²) in [5.41, 5.74) is -2.81. The van der Waals surface area contributed by atoms with Crippen LogP contribution in [0.15, 0.2) is 23.8 Å². The van der Waals surface area contributed by atoms with Crippen LogP contribution in [0.4, 0.5) is 4.39 Å². The minimum absolute atomic E-state index is 0.0788. The van der Waals surface area contributed by atoms with Crippen molar-refractivity contribution in [1.82, 2.24) is 0 Å². The molecule has 2 N–H and O–H groups in total. The minimum Gasteiger partial charge on any atom is -0.390 e. The van der Waals surface area contributed by atoms with Crippen molar-refractivity contribution in [3.63, 3.8) is 0 Å². The van der Waals surface area contributed by atoms with Gasteiger partial charge in [0, 0.05) is 11.3 Å². The molecule has 0 aromatic heterocycles. The van der Waals surface area contributed by atoms with Gasteiger partial charge >= 0.3 is 0 Å². The summed E-state index contributed by atoms with van der Waals surface area (Å²) in [6.07, 6.45) is 5.26. The molecule has 28 heavy (non-hydrogen) atoms. The lowest BCUT2D eigenvalue weighted by atomic mass is 9.45. The topological polar surface area (TPSA) is 74.6 Å². The Morgan fingerprint density at radius 3 is 2.68 bits per heavy atom. The molecular weight excluding hydrogens is 427 g/mol. The quantitative estimate of drug-likeness (QED) is 0.627. The number of halogens is 2. The third-order valence-electron chi connectivity index (χ3n) is 8.70. The molecule has 0 heterocycles. The first kappa shape index (κ1) is 20.4. The first-order valence-electron chi connectivity index (χ1n) is 10.1. The van der Waals surface area contributed by atoms with Gasteiger partial charge < -0.3 is 10.2 Å². The van der Waals surface area contributed by atoms with Gasteiger partial charge in [0.05, 0.1) is 10.4 Å². The number of aliphatic hydroxyl groups excluding tert-OH is 2. The molecule has 0 amide bonds. The standard InChI is InChI=1S/C22H28BrFO4/c1-12-8-16-15-5-4-13-9-14(26)6-7-19(13,2)22(15,24)17(27)10-20(16,3)21(12,23)18(28)11-25/h6-7,9,12,15-17,25,27H,4-5,8,10-11H2,1-3H3/t12?,15?,16?,17?,19-,20-,21-,22-/m0/s1. The zero-order valence-corrected chi connectivity index (χ0v) is 18.1. The van der Waals surface area contributed by atoms with Gasteiger partial charge in [0.15, 0.2) is 17.2 Å². The van der Waals surface area contributed by atoms with Gasteiger partial charge in [-0.05, 0) is 62.0 Å². The van der Waals surface area contributed by atoms with Crippen molar-refractivity contribution in [2.45, 2.75) is 62.6 Å². The van der Waals surface area contributed by atoms with E-state index in [4.69, 9.17) is 0 Å². The number of rotatable bonds is 2. The summed E-state index contributed by atoms with van der Waals surface area (Å²) in [5, 5.41) is 20.8. The Morgan fingerprint density at radius 1 is 1.36 bits per heavy atom. The first-order chi connectivity index (χ1) is 13.0. The van der Waals surface area contributed by atoms with Crippen molar-refractivity contribution in [2.24, 2.45) is 28.6 Å². The summed E-state index contributed by atoms with van der Waals surface area (Å²) in [5.74, 6) is -1.03. The third-order valence-corrected chi connectivity index (χ3v) is 10.8. The van der Waals surface area contributed by atoms with Crippen molar-refractivity contribution < 1.29 is 24.2 Å². The molecule has 4 rings (SSSR count). The smallest absolute Gasteiger partial charge is 0.178 e. The van der Waals surface area contributed by atoms with Crippen LogP contribution < -0.4 is 0 Å². The molecule has 0 aliphatic heterocycles. The number of ketones is 2. The van der Waals surface area contributed by atoms with Gasteiger partial charge in [0.1, 0.15) is 6.61 Å². The molecule has 0 radical (unpaired) electrons. The van der Waals surface area contributed by atoms with Crippen LogP contribution in [0.1, 0.15) is 46.5 Å². The Labute approximate surface area is 173 Å². The highest BCUT2D eigenvalue weighted by molar-refractivity contribution is 9.10. The molecular formula is C22H28BrFO4. The fourth-order valence-electron chi connectivity index (χ4n) is 7.23. The van der Waals surface area contributed by atoms with Crippen molar-refractivity contribution in [2.75, 3.05) is 6.61 Å². The predicted molar refractivity (Wildman–Crippen MR) is 107 cm³/mol. The first-order valence-corrected chi connectivity index (χ1v) is 10.9. The highest BCUT2D eigenvalue weighted by Gasteiger charge is 2.75. The Kier molecular flexibility index (Phi) is 4.44. The highest BCUT2D eigenvalue weighted by atomic mass is 79.9. The van der Waals surface area contributed by atoms with E-state index in [9.17, 15) is 19.8 Å². The van der Waals surface area contributed by atoms with Crippen LogP contribution >= 0.6 is 15.9 Å². The van der Waals surface area contributed by atoms with Crippen LogP contribution in [0, 0.1) is 28.6 Å². The SMILES string of the molecule is CC1CC2C3CCC4=CC(=O)C=C[C@]4(C)[C@@]3(F)C(O)C[C@]2(C)[C@@]1(Br)C(=O)CO. The number of allylic oxidation sites excluding steroid dienone is 4. The Balaban J connectivity index is 1.84. The number of fused-ring (bicyclic) bond motifs is 5. The summed E-state index contributed by atoms with van der Waals surface area (Å²) in [4.78, 5) is 24.6. The average molecular weight is 455 g/mol. The highest BCUT2D eigenvalue weighted by Crippen LogP contribution is 2.72. The molecule has 8 atom stereocenters. The Bertz CT molecular complexity index is 808. The normalized spacial score (nSPS) is 52.5. The van der Waals surface area contributed by atoms with E-state index in [1.54, 1.807) is 13.0 Å². The number of alkyl halides is 2. The Morgan fingerprint density at radius 2 is 2.04 bits per heavy atom. The van der Waals surface area contributed by atoms with Crippen LogP contribution in [0.3, 0.4) is 0 Å². The monoisotopic (exact) mass is 454 g/mol. The van der Waals surface area contributed by atoms with Crippen molar-refractivity contribution >= 4 is 27.5 Å². The molecule has 3 fully saturated rings. The number of hydrogen-bond donors (Lipinski definition) is 2. The van der Waals surface area contributed by atoms with E-state index in [1.807, 2.05) is 13.8 Å². The molecule has 0 spiro atoms. The summed E-state index contributed by atoms with van der Waals surface area (Å²) in [6.45, 7) is 5.14. The number of Topliss-reactive ketones (excluding diaryl/α,β-unsaturated/α-hetero) is 1. The van der Waals surface area contributed by atoms with E-state index in [-0.39, 0.29) is 29.8 Å². The average Bonchev–Trinajstić information content (AvgIpc) is 2.84. The molecule has 4 unspecified atom stereocenters. The summed E-state index contributed by atoms with van der Waals surface area (Å²) in [6, 6.07) is 0. The zero-order valence-electron chi connectivity index (χ0n) is 16.5. The van der Waals surface area contributed by atoms with E-state index in [1.165, 1.54) is 12.2 Å². The molecule has 3 saturated carbocycles. The van der Waals surface area contributed by atoms with E-state index in [0.29, 0.717) is 19.3 Å². The molecule has 4 aliphatic rings.